The van der Waals surface area contributed by atoms with E-state index in [9.17, 15) is 60.8 Å². The molecule has 6 aromatic rings. The van der Waals surface area contributed by atoms with E-state index in [4.69, 9.17) is 13.7 Å². The summed E-state index contributed by atoms with van der Waals surface area (Å²) in [6, 6.07) is 38.8. The molecule has 0 aromatic heterocycles. The van der Waals surface area contributed by atoms with Crippen molar-refractivity contribution in [3.63, 3.8) is 0 Å². The fourth-order valence-corrected chi connectivity index (χ4v) is 22.7. The third-order valence-corrected chi connectivity index (χ3v) is 25.1. The lowest BCUT2D eigenvalue weighted by Gasteiger charge is -2.37. The number of para-hydroxylation sites is 4. The molecule has 91 heavy (non-hydrogen) atoms. The van der Waals surface area contributed by atoms with E-state index in [-0.39, 0.29) is 63.8 Å². The second-order valence-electron chi connectivity index (χ2n) is 23.7. The fraction of sp³-hybridized carbons (Fsp3) is 0.367. The van der Waals surface area contributed by atoms with Gasteiger partial charge in [0.15, 0.2) is 23.3 Å². The predicted molar refractivity (Wildman–Crippen MR) is 350 cm³/mol. The van der Waals surface area contributed by atoms with E-state index >= 15 is 0 Å². The minimum absolute atomic E-state index is 0. The number of carbonyl (C=O) groups is 2. The molecule has 4 atom stereocenters. The van der Waals surface area contributed by atoms with Gasteiger partial charge in [-0.15, -0.1) is 0 Å². The first-order valence-corrected chi connectivity index (χ1v) is 42.1. The van der Waals surface area contributed by atoms with E-state index in [1.807, 2.05) is 74.2 Å². The van der Waals surface area contributed by atoms with Crippen LogP contribution >= 0.6 is 15.9 Å². The lowest BCUT2D eigenvalue weighted by Crippen LogP contribution is -2.60. The van der Waals surface area contributed by atoms with Gasteiger partial charge in [-0.2, -0.15) is 26.7 Å². The molecule has 2 fully saturated rings. The highest BCUT2D eigenvalue weighted by Gasteiger charge is 2.64. The quantitative estimate of drug-likeness (QED) is 0.0461. The van der Waals surface area contributed by atoms with Gasteiger partial charge >= 0.3 is 32.8 Å². The summed E-state index contributed by atoms with van der Waals surface area (Å²) < 4.78 is 181. The van der Waals surface area contributed by atoms with Gasteiger partial charge in [-0.05, 0) is 78.0 Å². The van der Waals surface area contributed by atoms with Crippen LogP contribution in [0.2, 0.25) is 51.4 Å². The molecule has 0 radical (unpaired) electrons. The van der Waals surface area contributed by atoms with Gasteiger partial charge in [-0.1, -0.05) is 179 Å². The zero-order valence-electron chi connectivity index (χ0n) is 49.2. The van der Waals surface area contributed by atoms with Gasteiger partial charge in [-0.25, -0.2) is 52.6 Å². The van der Waals surface area contributed by atoms with E-state index in [1.54, 1.807) is 53.4 Å². The molecule has 4 aliphatic heterocycles. The molecule has 2 amide bonds. The maximum Gasteiger partial charge on any atom is 0.411 e. The Labute approximate surface area is 541 Å². The number of rotatable bonds is 18. The van der Waals surface area contributed by atoms with Crippen LogP contribution in [0.5, 0.6) is 11.5 Å². The van der Waals surface area contributed by atoms with Crippen molar-refractivity contribution in [2.45, 2.75) is 114 Å². The maximum absolute atomic E-state index is 14.4. The summed E-state index contributed by atoms with van der Waals surface area (Å²) in [6.07, 6.45) is -2.96. The van der Waals surface area contributed by atoms with Crippen LogP contribution in [-0.2, 0) is 73.2 Å². The third kappa shape index (κ3) is 17.2. The van der Waals surface area contributed by atoms with E-state index in [0.29, 0.717) is 36.3 Å². The molecule has 0 bridgehead atoms. The third-order valence-electron chi connectivity index (χ3n) is 14.8. The molecular weight excluding hydrogens is 1370 g/mol. The molecule has 2 saturated heterocycles. The summed E-state index contributed by atoms with van der Waals surface area (Å²) in [6.45, 7) is 12.9. The van der Waals surface area contributed by atoms with Crippen molar-refractivity contribution in [1.29, 1.82) is 0 Å². The first-order valence-electron chi connectivity index (χ1n) is 27.8. The Morgan fingerprint density at radius 3 is 1.35 bits per heavy atom. The number of nitrogens with two attached hydrogens (primary N) is 1. The molecule has 6 aromatic carbocycles. The number of fused-ring (bicyclic) bond motifs is 6. The second kappa shape index (κ2) is 28.7. The van der Waals surface area contributed by atoms with Gasteiger partial charge in [0.05, 0.1) is 27.2 Å². The minimum atomic E-state index is -5.00. The van der Waals surface area contributed by atoms with Crippen molar-refractivity contribution >= 4 is 96.3 Å². The van der Waals surface area contributed by atoms with E-state index in [2.05, 4.69) is 49.6 Å². The van der Waals surface area contributed by atoms with Gasteiger partial charge in [0.2, 0.25) is 31.5 Å². The number of nitrogens with one attached hydrogen (secondary N) is 1. The van der Waals surface area contributed by atoms with Gasteiger partial charge in [-0.3, -0.25) is 9.80 Å². The average Bonchev–Trinajstić information content (AvgIpc) is 1.63. The zero-order chi connectivity index (χ0) is 65.1. The highest BCUT2D eigenvalue weighted by molar-refractivity contribution is 9.09. The highest BCUT2D eigenvalue weighted by atomic mass is 79.9. The monoisotopic (exact) mass is 1440 g/mol. The van der Waals surface area contributed by atoms with Crippen molar-refractivity contribution in [1.82, 2.24) is 14.5 Å². The number of anilines is 2. The predicted octanol–water partition coefficient (Wildman–Crippen LogP) is 11.9. The smallest absolute Gasteiger partial charge is 0.411 e. The van der Waals surface area contributed by atoms with Crippen LogP contribution in [0.1, 0.15) is 49.9 Å². The lowest BCUT2D eigenvalue weighted by molar-refractivity contribution is 0.0882. The molecule has 0 unspecified atom stereocenters. The Morgan fingerprint density at radius 2 is 0.912 bits per heavy atom. The van der Waals surface area contributed by atoms with Crippen molar-refractivity contribution in [3.8, 4) is 11.5 Å². The molecule has 0 aliphatic carbocycles. The Morgan fingerprint density at radius 1 is 0.538 bits per heavy atom. The molecule has 31 heteroatoms. The summed E-state index contributed by atoms with van der Waals surface area (Å²) in [5, 5.41) is 4.42. The molecule has 10 rings (SSSR count). The van der Waals surface area contributed by atoms with Crippen LogP contribution in [0.25, 0.3) is 0 Å². The summed E-state index contributed by atoms with van der Waals surface area (Å²) in [5.74, 6) is -7.08. The fourth-order valence-electron chi connectivity index (χ4n) is 10.5. The molecule has 0 spiro atoms. The summed E-state index contributed by atoms with van der Waals surface area (Å²) in [5.41, 5.74) is 1.80. The molecular formula is C60H75BrF4N6O14S4Si2. The standard InChI is InChI=1S/C29H33F2N3O7S2Si.C23H29BrN2O4SSi.C6H5F2NO3S.2CH4/c1-44(2,3)19-18-42(36,37)34-25-15-8-7-12-22(25)29(32-43(38,39)41-26-23(30)13-9-14-24(26)31)16-17-33(27(29)34)28(35)40-20-21-10-5-4-6-11-21;1-32(2,3)16-15-31(28,29)26-20-12-8-7-11-19(20)23(24)13-14-25(21(23)26)22(27)30-17-18-9-5-4-6-10-18;7-4-2-1-3-5(8)6(4)12-13(9,10)11;;/h4-15,27,32H,16-20H2,1-3H3;4-12,21H,13-17H2,1-3H3;1-3H,(H2,9,10,11);2*1H4/t27-,29-;21-,23-;;;/m00.../s1. The second-order valence-corrected chi connectivity index (χ2v) is 42.8. The largest absolute Gasteiger partial charge is 0.444 e. The number of likely N-dealkylation sites (tertiary alicyclic amines) is 2. The number of hydrogen-bond acceptors (Lipinski definition) is 14. The number of benzene rings is 6. The topological polar surface area (TPSA) is 259 Å². The first kappa shape index (κ1) is 73.5. The van der Waals surface area contributed by atoms with Gasteiger partial charge in [0, 0.05) is 34.8 Å². The Balaban J connectivity index is 0.000000244. The molecule has 4 heterocycles. The van der Waals surface area contributed by atoms with Gasteiger partial charge in [0.1, 0.15) is 31.1 Å². The van der Waals surface area contributed by atoms with E-state index in [1.165, 1.54) is 15.3 Å². The molecule has 0 saturated carbocycles. The van der Waals surface area contributed by atoms with Crippen molar-refractivity contribution in [3.05, 3.63) is 191 Å². The highest BCUT2D eigenvalue weighted by Crippen LogP contribution is 2.57. The molecule has 20 nitrogen and oxygen atoms in total. The first-order chi connectivity index (χ1) is 41.6. The number of ether oxygens (including phenoxy) is 2. The van der Waals surface area contributed by atoms with Crippen LogP contribution < -0.4 is 26.8 Å². The molecule has 496 valence electrons. The number of sulfonamides is 2. The normalized spacial score (nSPS) is 19.2. The minimum Gasteiger partial charge on any atom is -0.444 e. The number of carbonyl (C=O) groups excluding carboxylic acids is 2. The number of alkyl halides is 1. The SMILES string of the molecule is C.C.C[Si](C)(C)CCS(=O)(=O)N1c2ccccc2[C@@]2(Br)CCN(C(=O)OCc3ccccc3)[C@@H]12.C[Si](C)(C)CCS(=O)(=O)N1c2ccccc2[C@@]2(NS(=O)(=O)Oc3c(F)cccc3F)CCN(C(=O)OCc3ccccc3)[C@@H]12.NS(=O)(=O)Oc1c(F)cccc1F. The Kier molecular flexibility index (Phi) is 23.2. The molecule has 3 N–H and O–H groups in total. The van der Waals surface area contributed by atoms with Crippen LogP contribution in [0.15, 0.2) is 146 Å². The average molecular weight is 1440 g/mol. The summed E-state index contributed by atoms with van der Waals surface area (Å²) >= 11 is 3.85. The van der Waals surface area contributed by atoms with Crippen LogP contribution in [0, 0.1) is 23.3 Å². The van der Waals surface area contributed by atoms with E-state index in [0.717, 1.165) is 51.8 Å². The van der Waals surface area contributed by atoms with Gasteiger partial charge in [0.25, 0.3) is 0 Å². The Hall–Kier alpha value is -6.59. The van der Waals surface area contributed by atoms with Crippen LogP contribution in [0.3, 0.4) is 0 Å². The maximum atomic E-state index is 14.4. The number of amides is 2. The van der Waals surface area contributed by atoms with E-state index < -0.39 is 126 Å². The van der Waals surface area contributed by atoms with Crippen molar-refractivity contribution < 1.29 is 78.7 Å². The number of hydrogen-bond donors (Lipinski definition) is 2. The lowest BCUT2D eigenvalue weighted by atomic mass is 9.90. The summed E-state index contributed by atoms with van der Waals surface area (Å²) in [4.78, 5) is 29.4. The number of halogens is 5. The van der Waals surface area contributed by atoms with Crippen LogP contribution in [0.4, 0.5) is 38.5 Å². The van der Waals surface area contributed by atoms with Crippen LogP contribution in [-0.4, -0.2) is 109 Å². The zero-order valence-corrected chi connectivity index (χ0v) is 56.0. The summed E-state index contributed by atoms with van der Waals surface area (Å²) in [7, 11) is -20.6. The number of nitrogens with zero attached hydrogens (tertiary/aromatic N) is 4. The van der Waals surface area contributed by atoms with Crippen molar-refractivity contribution in [2.75, 3.05) is 33.2 Å². The van der Waals surface area contributed by atoms with Crippen molar-refractivity contribution in [2.24, 2.45) is 5.14 Å². The van der Waals surface area contributed by atoms with Gasteiger partial charge < -0.3 is 17.8 Å². The molecule has 4 aliphatic rings. The Bertz CT molecular complexity index is 4020.